The zero-order chi connectivity index (χ0) is 8.60. The van der Waals surface area contributed by atoms with Gasteiger partial charge in [-0.3, -0.25) is 4.90 Å². The van der Waals surface area contributed by atoms with E-state index in [0.717, 1.165) is 25.6 Å². The Labute approximate surface area is 71.7 Å². The van der Waals surface area contributed by atoms with Gasteiger partial charge in [0.05, 0.1) is 6.26 Å². The van der Waals surface area contributed by atoms with Gasteiger partial charge < -0.3 is 5.11 Å². The lowest BCUT2D eigenvalue weighted by Gasteiger charge is -2.27. The van der Waals surface area contributed by atoms with Crippen molar-refractivity contribution < 1.29 is 9.50 Å². The third-order valence-corrected chi connectivity index (χ3v) is 3.05. The van der Waals surface area contributed by atoms with E-state index < -0.39 is 6.17 Å². The third-order valence-electron chi connectivity index (χ3n) is 3.05. The maximum Gasteiger partial charge on any atom is 0.115 e. The Morgan fingerprint density at radius 1 is 1.58 bits per heavy atom. The number of hydrogen-bond acceptors (Lipinski definition) is 2. The molecule has 0 bridgehead atoms. The van der Waals surface area contributed by atoms with Crippen molar-refractivity contribution in [2.45, 2.75) is 31.0 Å². The van der Waals surface area contributed by atoms with Crippen LogP contribution in [-0.2, 0) is 0 Å². The van der Waals surface area contributed by atoms with E-state index in [1.165, 1.54) is 0 Å². The molecule has 2 aliphatic rings. The summed E-state index contributed by atoms with van der Waals surface area (Å²) in [5.41, 5.74) is -0.145. The first-order valence-electron chi connectivity index (χ1n) is 4.48. The highest BCUT2D eigenvalue weighted by Crippen LogP contribution is 2.40. The minimum absolute atomic E-state index is 0.145. The number of rotatable bonds is 1. The molecule has 2 heterocycles. The van der Waals surface area contributed by atoms with Crippen molar-refractivity contribution in [3.63, 3.8) is 0 Å². The van der Waals surface area contributed by atoms with Crippen molar-refractivity contribution in [3.8, 4) is 0 Å². The molecule has 2 aliphatic heterocycles. The first kappa shape index (κ1) is 8.05. The van der Waals surface area contributed by atoms with E-state index in [1.807, 2.05) is 0 Å². The highest BCUT2D eigenvalue weighted by molar-refractivity contribution is 5.14. The Morgan fingerprint density at radius 2 is 2.42 bits per heavy atom. The van der Waals surface area contributed by atoms with Crippen LogP contribution in [0, 0.1) is 0 Å². The third kappa shape index (κ3) is 1.04. The molecule has 2 rings (SSSR count). The molecule has 3 heteroatoms. The molecule has 0 aromatic rings. The van der Waals surface area contributed by atoms with E-state index in [1.54, 1.807) is 6.08 Å². The average Bonchev–Trinajstić information content (AvgIpc) is 2.44. The molecular weight excluding hydrogens is 157 g/mol. The molecule has 2 atom stereocenters. The van der Waals surface area contributed by atoms with Gasteiger partial charge in [0.25, 0.3) is 0 Å². The minimum Gasteiger partial charge on any atom is -0.516 e. The molecule has 0 radical (unpaired) electrons. The molecule has 1 N–H and O–H groups in total. The van der Waals surface area contributed by atoms with Gasteiger partial charge in [-0.2, -0.15) is 0 Å². The van der Waals surface area contributed by atoms with Crippen LogP contribution in [-0.4, -0.2) is 34.8 Å². The summed E-state index contributed by atoms with van der Waals surface area (Å²) in [6.45, 7) is 1.52. The molecule has 0 spiro atoms. The first-order chi connectivity index (χ1) is 5.77. The van der Waals surface area contributed by atoms with Gasteiger partial charge in [-0.05, 0) is 25.5 Å². The number of alkyl halides is 1. The standard InChI is InChI=1S/C9H14FNO/c10-8-6-9(3-5-12)2-1-4-11(9)7-8/h3,5,8,12H,1-2,4,6-7H2/b5-3+/t8-,9?/m1/s1. The quantitative estimate of drug-likeness (QED) is 0.606. The van der Waals surface area contributed by atoms with Crippen LogP contribution in [0.1, 0.15) is 19.3 Å². The molecule has 12 heavy (non-hydrogen) atoms. The summed E-state index contributed by atoms with van der Waals surface area (Å²) in [7, 11) is 0. The fourth-order valence-corrected chi connectivity index (χ4v) is 2.54. The number of hydrogen-bond donors (Lipinski definition) is 1. The highest BCUT2D eigenvalue weighted by atomic mass is 19.1. The molecule has 2 fully saturated rings. The average molecular weight is 171 g/mol. The topological polar surface area (TPSA) is 23.5 Å². The van der Waals surface area contributed by atoms with Gasteiger partial charge in [-0.15, -0.1) is 0 Å². The maximum absolute atomic E-state index is 13.1. The lowest BCUT2D eigenvalue weighted by molar-refractivity contribution is 0.243. The fourth-order valence-electron chi connectivity index (χ4n) is 2.54. The molecule has 2 nitrogen and oxygen atoms in total. The van der Waals surface area contributed by atoms with Crippen LogP contribution < -0.4 is 0 Å². The minimum atomic E-state index is -0.707. The number of nitrogens with zero attached hydrogens (tertiary/aromatic N) is 1. The van der Waals surface area contributed by atoms with Crippen molar-refractivity contribution in [1.29, 1.82) is 0 Å². The second-order valence-electron chi connectivity index (χ2n) is 3.77. The number of aliphatic hydroxyl groups is 1. The van der Waals surface area contributed by atoms with Crippen molar-refractivity contribution in [2.24, 2.45) is 0 Å². The summed E-state index contributed by atoms with van der Waals surface area (Å²) in [4.78, 5) is 2.14. The van der Waals surface area contributed by atoms with Gasteiger partial charge in [0, 0.05) is 18.5 Å². The Balaban J connectivity index is 2.20. The van der Waals surface area contributed by atoms with Crippen LogP contribution in [0.2, 0.25) is 0 Å². The van der Waals surface area contributed by atoms with Crippen molar-refractivity contribution in [2.75, 3.05) is 13.1 Å². The first-order valence-corrected chi connectivity index (χ1v) is 4.48. The van der Waals surface area contributed by atoms with Crippen LogP contribution in [0.15, 0.2) is 12.3 Å². The molecule has 0 saturated carbocycles. The Morgan fingerprint density at radius 3 is 3.17 bits per heavy atom. The summed E-state index contributed by atoms with van der Waals surface area (Å²) >= 11 is 0. The van der Waals surface area contributed by atoms with Crippen molar-refractivity contribution in [1.82, 2.24) is 4.90 Å². The number of fused-ring (bicyclic) bond motifs is 1. The van der Waals surface area contributed by atoms with Crippen LogP contribution in [0.4, 0.5) is 4.39 Å². The summed E-state index contributed by atoms with van der Waals surface area (Å²) in [5, 5.41) is 8.73. The maximum atomic E-state index is 13.1. The van der Waals surface area contributed by atoms with Gasteiger partial charge in [0.2, 0.25) is 0 Å². The Bertz CT molecular complexity index is 207. The molecule has 0 aromatic carbocycles. The van der Waals surface area contributed by atoms with E-state index >= 15 is 0 Å². The summed E-state index contributed by atoms with van der Waals surface area (Å²) in [6.07, 6.45) is 4.78. The molecule has 0 aromatic heterocycles. The molecule has 0 amide bonds. The zero-order valence-electron chi connectivity index (χ0n) is 7.04. The van der Waals surface area contributed by atoms with Gasteiger partial charge in [0.15, 0.2) is 0 Å². The Kier molecular flexibility index (Phi) is 1.83. The van der Waals surface area contributed by atoms with E-state index in [4.69, 9.17) is 5.11 Å². The van der Waals surface area contributed by atoms with Gasteiger partial charge in [-0.1, -0.05) is 0 Å². The summed E-state index contributed by atoms with van der Waals surface area (Å²) < 4.78 is 13.1. The second-order valence-corrected chi connectivity index (χ2v) is 3.77. The number of aliphatic hydroxyl groups excluding tert-OH is 1. The zero-order valence-corrected chi connectivity index (χ0v) is 7.04. The largest absolute Gasteiger partial charge is 0.516 e. The normalized spacial score (nSPS) is 42.6. The lowest BCUT2D eigenvalue weighted by atomic mass is 9.94. The van der Waals surface area contributed by atoms with Crippen LogP contribution >= 0.6 is 0 Å². The van der Waals surface area contributed by atoms with Crippen LogP contribution in [0.5, 0.6) is 0 Å². The van der Waals surface area contributed by atoms with E-state index in [0.29, 0.717) is 13.0 Å². The van der Waals surface area contributed by atoms with Gasteiger partial charge in [0.1, 0.15) is 6.17 Å². The monoisotopic (exact) mass is 171 g/mol. The summed E-state index contributed by atoms with van der Waals surface area (Å²) in [6, 6.07) is 0. The van der Waals surface area contributed by atoms with E-state index in [2.05, 4.69) is 4.90 Å². The Hall–Kier alpha value is -0.570. The predicted molar refractivity (Wildman–Crippen MR) is 44.8 cm³/mol. The van der Waals surface area contributed by atoms with Gasteiger partial charge >= 0.3 is 0 Å². The lowest BCUT2D eigenvalue weighted by Crippen LogP contribution is -2.35. The molecular formula is C9H14FNO. The number of halogens is 1. The van der Waals surface area contributed by atoms with Crippen molar-refractivity contribution >= 4 is 0 Å². The SMILES string of the molecule is O/C=C/C12CCCN1C[C@H](F)C2. The van der Waals surface area contributed by atoms with Gasteiger partial charge in [-0.25, -0.2) is 4.39 Å². The molecule has 0 aliphatic carbocycles. The van der Waals surface area contributed by atoms with E-state index in [-0.39, 0.29) is 5.54 Å². The molecule has 2 saturated heterocycles. The molecule has 68 valence electrons. The van der Waals surface area contributed by atoms with Crippen LogP contribution in [0.3, 0.4) is 0 Å². The fraction of sp³-hybridized carbons (Fsp3) is 0.778. The van der Waals surface area contributed by atoms with E-state index in [9.17, 15) is 4.39 Å². The predicted octanol–water partition coefficient (Wildman–Crippen LogP) is 1.63. The summed E-state index contributed by atoms with van der Waals surface area (Å²) in [5.74, 6) is 0. The van der Waals surface area contributed by atoms with Crippen LogP contribution in [0.25, 0.3) is 0 Å². The van der Waals surface area contributed by atoms with Crippen molar-refractivity contribution in [3.05, 3.63) is 12.3 Å². The highest BCUT2D eigenvalue weighted by Gasteiger charge is 2.46. The second kappa shape index (κ2) is 2.73. The smallest absolute Gasteiger partial charge is 0.115 e. The molecule has 1 unspecified atom stereocenters.